The minimum atomic E-state index is -0.554. The molecular weight excluding hydrogens is 316 g/mol. The SMILES string of the molecule is CCNC(=NCC(C)c1ccc(F)cc1F)NCCCCSC. The first kappa shape index (κ1) is 19.7. The zero-order chi connectivity index (χ0) is 17.1. The predicted octanol–water partition coefficient (Wildman–Crippen LogP) is 3.77. The number of benzene rings is 1. The van der Waals surface area contributed by atoms with Crippen LogP contribution in [0.4, 0.5) is 8.78 Å². The van der Waals surface area contributed by atoms with Crippen LogP contribution in [0.1, 0.15) is 38.2 Å². The smallest absolute Gasteiger partial charge is 0.191 e. The highest BCUT2D eigenvalue weighted by molar-refractivity contribution is 7.98. The topological polar surface area (TPSA) is 36.4 Å². The Morgan fingerprint density at radius 3 is 2.70 bits per heavy atom. The van der Waals surface area contributed by atoms with E-state index in [4.69, 9.17) is 0 Å². The Kier molecular flexibility index (Phi) is 9.67. The van der Waals surface area contributed by atoms with Gasteiger partial charge in [-0.2, -0.15) is 11.8 Å². The van der Waals surface area contributed by atoms with E-state index in [9.17, 15) is 8.78 Å². The van der Waals surface area contributed by atoms with Gasteiger partial charge in [0.1, 0.15) is 11.6 Å². The average Bonchev–Trinajstić information content (AvgIpc) is 2.52. The average molecular weight is 343 g/mol. The van der Waals surface area contributed by atoms with E-state index in [1.165, 1.54) is 18.6 Å². The first-order valence-corrected chi connectivity index (χ1v) is 9.44. The summed E-state index contributed by atoms with van der Waals surface area (Å²) in [5.41, 5.74) is 0.492. The van der Waals surface area contributed by atoms with Crippen molar-refractivity contribution < 1.29 is 8.78 Å². The highest BCUT2D eigenvalue weighted by Crippen LogP contribution is 2.20. The maximum Gasteiger partial charge on any atom is 0.191 e. The Balaban J connectivity index is 2.54. The lowest BCUT2D eigenvalue weighted by molar-refractivity contribution is 0.560. The van der Waals surface area contributed by atoms with E-state index < -0.39 is 11.6 Å². The molecule has 1 aromatic rings. The number of hydrogen-bond donors (Lipinski definition) is 2. The molecule has 0 aliphatic carbocycles. The van der Waals surface area contributed by atoms with Crippen molar-refractivity contribution in [3.8, 4) is 0 Å². The Labute approximate surface area is 142 Å². The molecule has 3 nitrogen and oxygen atoms in total. The molecule has 1 unspecified atom stereocenters. The van der Waals surface area contributed by atoms with E-state index in [-0.39, 0.29) is 5.92 Å². The van der Waals surface area contributed by atoms with Gasteiger partial charge >= 0.3 is 0 Å². The van der Waals surface area contributed by atoms with Gasteiger partial charge in [-0.25, -0.2) is 8.78 Å². The van der Waals surface area contributed by atoms with Crippen LogP contribution in [0.2, 0.25) is 0 Å². The van der Waals surface area contributed by atoms with Gasteiger partial charge in [-0.15, -0.1) is 0 Å². The number of hydrogen-bond acceptors (Lipinski definition) is 2. The van der Waals surface area contributed by atoms with Gasteiger partial charge in [-0.3, -0.25) is 4.99 Å². The maximum absolute atomic E-state index is 13.8. The summed E-state index contributed by atoms with van der Waals surface area (Å²) in [6.45, 7) is 5.99. The van der Waals surface area contributed by atoms with Crippen LogP contribution in [0, 0.1) is 11.6 Å². The molecule has 0 bridgehead atoms. The minimum Gasteiger partial charge on any atom is -0.357 e. The molecule has 2 N–H and O–H groups in total. The van der Waals surface area contributed by atoms with Crippen molar-refractivity contribution in [3.63, 3.8) is 0 Å². The number of guanidine groups is 1. The summed E-state index contributed by atoms with van der Waals surface area (Å²) in [5, 5.41) is 6.47. The molecule has 1 atom stereocenters. The van der Waals surface area contributed by atoms with E-state index in [0.717, 1.165) is 37.3 Å². The van der Waals surface area contributed by atoms with Crippen LogP contribution in [0.15, 0.2) is 23.2 Å². The van der Waals surface area contributed by atoms with Crippen LogP contribution in [-0.4, -0.2) is 37.6 Å². The molecular formula is C17H27F2N3S. The lowest BCUT2D eigenvalue weighted by atomic mass is 10.0. The lowest BCUT2D eigenvalue weighted by Gasteiger charge is -2.14. The molecule has 23 heavy (non-hydrogen) atoms. The van der Waals surface area contributed by atoms with Crippen molar-refractivity contribution in [2.75, 3.05) is 31.6 Å². The molecule has 0 aliphatic heterocycles. The van der Waals surface area contributed by atoms with Crippen molar-refractivity contribution in [3.05, 3.63) is 35.4 Å². The Morgan fingerprint density at radius 2 is 2.04 bits per heavy atom. The molecule has 0 radical (unpaired) electrons. The lowest BCUT2D eigenvalue weighted by Crippen LogP contribution is -2.38. The van der Waals surface area contributed by atoms with Crippen LogP contribution in [-0.2, 0) is 0 Å². The first-order chi connectivity index (χ1) is 11.1. The van der Waals surface area contributed by atoms with Gasteiger partial charge in [-0.05, 0) is 43.4 Å². The standard InChI is InChI=1S/C17H27F2N3S/c1-4-20-17(21-9-5-6-10-23-3)22-12-13(2)15-8-7-14(18)11-16(15)19/h7-8,11,13H,4-6,9-10,12H2,1-3H3,(H2,20,21,22). The fourth-order valence-electron chi connectivity index (χ4n) is 2.15. The summed E-state index contributed by atoms with van der Waals surface area (Å²) in [4.78, 5) is 4.50. The molecule has 0 amide bonds. The summed E-state index contributed by atoms with van der Waals surface area (Å²) in [5.74, 6) is 0.731. The van der Waals surface area contributed by atoms with Gasteiger partial charge in [0.25, 0.3) is 0 Å². The first-order valence-electron chi connectivity index (χ1n) is 8.04. The van der Waals surface area contributed by atoms with Crippen molar-refractivity contribution in [2.45, 2.75) is 32.6 Å². The monoisotopic (exact) mass is 343 g/mol. The number of thioether (sulfide) groups is 1. The third-order valence-electron chi connectivity index (χ3n) is 3.43. The second-order valence-corrected chi connectivity index (χ2v) is 6.40. The maximum atomic E-state index is 13.8. The Morgan fingerprint density at radius 1 is 1.26 bits per heavy atom. The summed E-state index contributed by atoms with van der Waals surface area (Å²) < 4.78 is 26.7. The normalized spacial score (nSPS) is 13.0. The molecule has 0 aliphatic rings. The molecule has 0 saturated carbocycles. The quantitative estimate of drug-likeness (QED) is 0.407. The van der Waals surface area contributed by atoms with E-state index in [2.05, 4.69) is 21.9 Å². The Hall–Kier alpha value is -1.30. The van der Waals surface area contributed by atoms with Gasteiger partial charge in [0.05, 0.1) is 0 Å². The second-order valence-electron chi connectivity index (χ2n) is 5.41. The number of halogens is 2. The van der Waals surface area contributed by atoms with Gasteiger partial charge < -0.3 is 10.6 Å². The minimum absolute atomic E-state index is 0.109. The summed E-state index contributed by atoms with van der Waals surface area (Å²) in [6, 6.07) is 3.70. The van der Waals surface area contributed by atoms with Crippen molar-refractivity contribution >= 4 is 17.7 Å². The fourth-order valence-corrected chi connectivity index (χ4v) is 2.64. The Bertz CT molecular complexity index is 495. The van der Waals surface area contributed by atoms with Crippen LogP contribution >= 0.6 is 11.8 Å². The zero-order valence-corrected chi connectivity index (χ0v) is 15.0. The van der Waals surface area contributed by atoms with Gasteiger partial charge in [-0.1, -0.05) is 13.0 Å². The van der Waals surface area contributed by atoms with Crippen LogP contribution in [0.5, 0.6) is 0 Å². The van der Waals surface area contributed by atoms with Crippen LogP contribution in [0.25, 0.3) is 0 Å². The molecule has 1 rings (SSSR count). The molecule has 130 valence electrons. The fraction of sp³-hybridized carbons (Fsp3) is 0.588. The van der Waals surface area contributed by atoms with E-state index in [1.807, 2.05) is 25.6 Å². The largest absolute Gasteiger partial charge is 0.357 e. The number of nitrogens with zero attached hydrogens (tertiary/aromatic N) is 1. The summed E-state index contributed by atoms with van der Waals surface area (Å²) >= 11 is 1.85. The number of nitrogens with one attached hydrogen (secondary N) is 2. The third-order valence-corrected chi connectivity index (χ3v) is 4.13. The van der Waals surface area contributed by atoms with Gasteiger partial charge in [0, 0.05) is 31.6 Å². The number of aliphatic imine (C=N–C) groups is 1. The van der Waals surface area contributed by atoms with E-state index in [1.54, 1.807) is 0 Å². The van der Waals surface area contributed by atoms with Crippen molar-refractivity contribution in [1.82, 2.24) is 10.6 Å². The van der Waals surface area contributed by atoms with Crippen molar-refractivity contribution in [1.29, 1.82) is 0 Å². The molecule has 0 spiro atoms. The highest BCUT2D eigenvalue weighted by Gasteiger charge is 2.11. The highest BCUT2D eigenvalue weighted by atomic mass is 32.2. The van der Waals surface area contributed by atoms with Crippen molar-refractivity contribution in [2.24, 2.45) is 4.99 Å². The summed E-state index contributed by atoms with van der Waals surface area (Å²) in [7, 11) is 0. The number of unbranched alkanes of at least 4 members (excludes halogenated alkanes) is 1. The van der Waals surface area contributed by atoms with Crippen LogP contribution < -0.4 is 10.6 Å². The molecule has 0 heterocycles. The van der Waals surface area contributed by atoms with Gasteiger partial charge in [0.2, 0.25) is 0 Å². The molecule has 0 aromatic heterocycles. The molecule has 0 saturated heterocycles. The van der Waals surface area contributed by atoms with E-state index >= 15 is 0 Å². The third kappa shape index (κ3) is 7.68. The predicted molar refractivity (Wildman–Crippen MR) is 96.4 cm³/mol. The number of rotatable bonds is 9. The molecule has 6 heteroatoms. The zero-order valence-electron chi connectivity index (χ0n) is 14.2. The summed E-state index contributed by atoms with van der Waals surface area (Å²) in [6.07, 6.45) is 4.37. The molecule has 1 aromatic carbocycles. The molecule has 0 fully saturated rings. The second kappa shape index (κ2) is 11.3. The van der Waals surface area contributed by atoms with E-state index in [0.29, 0.717) is 12.1 Å². The van der Waals surface area contributed by atoms with Crippen LogP contribution in [0.3, 0.4) is 0 Å². The van der Waals surface area contributed by atoms with Gasteiger partial charge in [0.15, 0.2) is 5.96 Å².